The number of benzene rings is 1. The maximum absolute atomic E-state index is 12.2. The first kappa shape index (κ1) is 14.5. The molecular formula is C15H15ClN2O2. The number of rotatable bonds is 6. The molecular weight excluding hydrogens is 276 g/mol. The second kappa shape index (κ2) is 7.01. The molecule has 20 heavy (non-hydrogen) atoms. The highest BCUT2D eigenvalue weighted by atomic mass is 35.5. The van der Waals surface area contributed by atoms with Crippen LogP contribution >= 0.6 is 11.6 Å². The highest BCUT2D eigenvalue weighted by molar-refractivity contribution is 6.28. The van der Waals surface area contributed by atoms with Crippen LogP contribution in [0.25, 0.3) is 0 Å². The van der Waals surface area contributed by atoms with Crippen molar-refractivity contribution in [3.63, 3.8) is 0 Å². The van der Waals surface area contributed by atoms with Crippen LogP contribution in [0.2, 0.25) is 5.28 Å². The van der Waals surface area contributed by atoms with Gasteiger partial charge in [0.25, 0.3) is 0 Å². The molecule has 2 rings (SSSR count). The quantitative estimate of drug-likeness (QED) is 0.464. The lowest BCUT2D eigenvalue weighted by Gasteiger charge is -2.06. The maximum Gasteiger partial charge on any atom is 0.222 e. The fourth-order valence-corrected chi connectivity index (χ4v) is 1.79. The van der Waals surface area contributed by atoms with E-state index in [4.69, 9.17) is 16.3 Å². The molecule has 0 radical (unpaired) electrons. The lowest BCUT2D eigenvalue weighted by molar-refractivity contribution is 0.103. The summed E-state index contributed by atoms with van der Waals surface area (Å²) in [5, 5.41) is 0.0652. The third kappa shape index (κ3) is 3.78. The molecule has 0 bridgehead atoms. The third-order valence-electron chi connectivity index (χ3n) is 2.74. The minimum atomic E-state index is -0.186. The van der Waals surface area contributed by atoms with E-state index >= 15 is 0 Å². The van der Waals surface area contributed by atoms with Crippen molar-refractivity contribution in [1.29, 1.82) is 0 Å². The lowest BCUT2D eigenvalue weighted by atomic mass is 10.1. The first-order valence-electron chi connectivity index (χ1n) is 6.47. The van der Waals surface area contributed by atoms with Gasteiger partial charge in [-0.3, -0.25) is 4.79 Å². The van der Waals surface area contributed by atoms with Crippen molar-refractivity contribution in [3.8, 4) is 5.75 Å². The van der Waals surface area contributed by atoms with Crippen molar-refractivity contribution in [1.82, 2.24) is 9.97 Å². The third-order valence-corrected chi connectivity index (χ3v) is 2.92. The second-order valence-electron chi connectivity index (χ2n) is 4.27. The van der Waals surface area contributed by atoms with Crippen LogP contribution in [0.4, 0.5) is 0 Å². The Morgan fingerprint density at radius 1 is 1.25 bits per heavy atom. The number of ether oxygens (including phenoxy) is 1. The van der Waals surface area contributed by atoms with Crippen LogP contribution in [0.1, 0.15) is 35.8 Å². The van der Waals surface area contributed by atoms with Gasteiger partial charge in [-0.2, -0.15) is 0 Å². The molecule has 0 spiro atoms. The summed E-state index contributed by atoms with van der Waals surface area (Å²) >= 11 is 5.68. The summed E-state index contributed by atoms with van der Waals surface area (Å²) in [5.74, 6) is 0.574. The number of halogens is 1. The Hall–Kier alpha value is -1.94. The Morgan fingerprint density at radius 2 is 2.00 bits per heavy atom. The zero-order chi connectivity index (χ0) is 14.4. The molecule has 0 amide bonds. The molecule has 0 saturated carbocycles. The van der Waals surface area contributed by atoms with Gasteiger partial charge in [0.2, 0.25) is 11.1 Å². The fourth-order valence-electron chi connectivity index (χ4n) is 1.65. The van der Waals surface area contributed by atoms with Crippen molar-refractivity contribution in [2.24, 2.45) is 0 Å². The number of ketones is 1. The molecule has 0 aliphatic carbocycles. The summed E-state index contributed by atoms with van der Waals surface area (Å²) < 4.78 is 5.55. The van der Waals surface area contributed by atoms with E-state index in [9.17, 15) is 4.79 Å². The van der Waals surface area contributed by atoms with E-state index in [1.54, 1.807) is 30.3 Å². The zero-order valence-electron chi connectivity index (χ0n) is 11.2. The highest BCUT2D eigenvalue weighted by Crippen LogP contribution is 2.15. The van der Waals surface area contributed by atoms with Crippen molar-refractivity contribution in [2.75, 3.05) is 6.61 Å². The Bertz CT molecular complexity index is 585. The molecule has 1 aromatic carbocycles. The fraction of sp³-hybridized carbons (Fsp3) is 0.267. The van der Waals surface area contributed by atoms with Gasteiger partial charge < -0.3 is 4.74 Å². The summed E-state index contributed by atoms with van der Waals surface area (Å²) in [7, 11) is 0. The van der Waals surface area contributed by atoms with E-state index in [2.05, 4.69) is 16.9 Å². The molecule has 104 valence electrons. The predicted octanol–water partition coefficient (Wildman–Crippen LogP) is 3.54. The number of carbonyl (C=O) groups excluding carboxylic acids is 1. The van der Waals surface area contributed by atoms with Gasteiger partial charge >= 0.3 is 0 Å². The molecule has 1 aromatic heterocycles. The molecule has 0 aliphatic rings. The van der Waals surface area contributed by atoms with Gasteiger partial charge in [0, 0.05) is 11.8 Å². The molecule has 4 nitrogen and oxygen atoms in total. The van der Waals surface area contributed by atoms with Crippen LogP contribution in [-0.2, 0) is 0 Å². The van der Waals surface area contributed by atoms with Crippen LogP contribution in [0.3, 0.4) is 0 Å². The van der Waals surface area contributed by atoms with Gasteiger partial charge in [0.05, 0.1) is 6.61 Å². The summed E-state index contributed by atoms with van der Waals surface area (Å²) in [6.45, 7) is 2.79. The van der Waals surface area contributed by atoms with Gasteiger partial charge in [0.1, 0.15) is 11.4 Å². The van der Waals surface area contributed by atoms with Crippen molar-refractivity contribution in [3.05, 3.63) is 53.1 Å². The van der Waals surface area contributed by atoms with E-state index in [0.29, 0.717) is 12.2 Å². The van der Waals surface area contributed by atoms with Gasteiger partial charge in [-0.25, -0.2) is 9.97 Å². The predicted molar refractivity (Wildman–Crippen MR) is 77.3 cm³/mol. The average molecular weight is 291 g/mol. The normalized spacial score (nSPS) is 10.3. The molecule has 0 saturated heterocycles. The number of hydrogen-bond acceptors (Lipinski definition) is 4. The van der Waals surface area contributed by atoms with Gasteiger partial charge in [-0.05, 0) is 48.4 Å². The monoisotopic (exact) mass is 290 g/mol. The van der Waals surface area contributed by atoms with Crippen molar-refractivity contribution >= 4 is 17.4 Å². The van der Waals surface area contributed by atoms with E-state index < -0.39 is 0 Å². The molecule has 2 aromatic rings. The van der Waals surface area contributed by atoms with Crippen LogP contribution < -0.4 is 4.74 Å². The minimum absolute atomic E-state index is 0.0652. The standard InChI is InChI=1S/C15H15ClN2O2/c1-2-3-10-20-12-6-4-11(5-7-12)14(19)13-8-9-17-15(16)18-13/h4-9H,2-3,10H2,1H3. The van der Waals surface area contributed by atoms with E-state index in [1.807, 2.05) is 0 Å². The highest BCUT2D eigenvalue weighted by Gasteiger charge is 2.11. The number of carbonyl (C=O) groups is 1. The van der Waals surface area contributed by atoms with E-state index in [-0.39, 0.29) is 16.8 Å². The summed E-state index contributed by atoms with van der Waals surface area (Å²) in [5.41, 5.74) is 0.826. The summed E-state index contributed by atoms with van der Waals surface area (Å²) in [6, 6.07) is 8.55. The number of nitrogens with zero attached hydrogens (tertiary/aromatic N) is 2. The Labute approximate surface area is 122 Å². The second-order valence-corrected chi connectivity index (χ2v) is 4.60. The first-order valence-corrected chi connectivity index (χ1v) is 6.84. The van der Waals surface area contributed by atoms with E-state index in [0.717, 1.165) is 18.6 Å². The lowest BCUT2D eigenvalue weighted by Crippen LogP contribution is -2.05. The smallest absolute Gasteiger partial charge is 0.222 e. The number of unbranched alkanes of at least 4 members (excludes halogenated alkanes) is 1. The Kier molecular flexibility index (Phi) is 5.07. The molecule has 0 aliphatic heterocycles. The first-order chi connectivity index (χ1) is 9.70. The van der Waals surface area contributed by atoms with Gasteiger partial charge in [0.15, 0.2) is 0 Å². The van der Waals surface area contributed by atoms with E-state index in [1.165, 1.54) is 6.20 Å². The largest absolute Gasteiger partial charge is 0.494 e. The molecule has 5 heteroatoms. The zero-order valence-corrected chi connectivity index (χ0v) is 11.9. The molecule has 0 N–H and O–H groups in total. The molecule has 0 unspecified atom stereocenters. The van der Waals surface area contributed by atoms with Crippen molar-refractivity contribution < 1.29 is 9.53 Å². The Balaban J connectivity index is 2.07. The van der Waals surface area contributed by atoms with Crippen LogP contribution in [0, 0.1) is 0 Å². The molecule has 0 atom stereocenters. The topological polar surface area (TPSA) is 52.1 Å². The van der Waals surface area contributed by atoms with Gasteiger partial charge in [-0.1, -0.05) is 13.3 Å². The minimum Gasteiger partial charge on any atom is -0.494 e. The van der Waals surface area contributed by atoms with Crippen LogP contribution in [0.15, 0.2) is 36.5 Å². The Morgan fingerprint density at radius 3 is 2.65 bits per heavy atom. The SMILES string of the molecule is CCCCOc1ccc(C(=O)c2ccnc(Cl)n2)cc1. The summed E-state index contributed by atoms with van der Waals surface area (Å²) in [6.07, 6.45) is 3.57. The molecule has 0 fully saturated rings. The number of aromatic nitrogens is 2. The van der Waals surface area contributed by atoms with Gasteiger partial charge in [-0.15, -0.1) is 0 Å². The van der Waals surface area contributed by atoms with Crippen LogP contribution in [-0.4, -0.2) is 22.4 Å². The average Bonchev–Trinajstić information content (AvgIpc) is 2.47. The number of hydrogen-bond donors (Lipinski definition) is 0. The maximum atomic E-state index is 12.2. The van der Waals surface area contributed by atoms with Crippen LogP contribution in [0.5, 0.6) is 5.75 Å². The molecule has 1 heterocycles. The summed E-state index contributed by atoms with van der Waals surface area (Å²) in [4.78, 5) is 19.8. The van der Waals surface area contributed by atoms with Crippen molar-refractivity contribution in [2.45, 2.75) is 19.8 Å².